The van der Waals surface area contributed by atoms with Gasteiger partial charge in [0.05, 0.1) is 34.7 Å². The van der Waals surface area contributed by atoms with E-state index in [0.29, 0.717) is 16.5 Å². The Labute approximate surface area is 215 Å². The number of primary amides is 1. The number of nitrogens with zero attached hydrogens (tertiary/aromatic N) is 3. The van der Waals surface area contributed by atoms with Gasteiger partial charge in [-0.2, -0.15) is 5.10 Å². The second kappa shape index (κ2) is 10.2. The first kappa shape index (κ1) is 24.1. The largest absolute Gasteiger partial charge is 0.365 e. The number of nitrogens with one attached hydrogen (secondary N) is 1. The minimum absolute atomic E-state index is 0.184. The van der Waals surface area contributed by atoms with Gasteiger partial charge in [0.25, 0.3) is 17.6 Å². The monoisotopic (exact) mass is 523 g/mol. The third-order valence-electron chi connectivity index (χ3n) is 5.79. The molecule has 0 aliphatic carbocycles. The number of hydrogen-bond acceptors (Lipinski definition) is 7. The van der Waals surface area contributed by atoms with E-state index in [4.69, 9.17) is 26.8 Å². The number of rotatable bonds is 8. The van der Waals surface area contributed by atoms with Crippen LogP contribution in [0.4, 0.5) is 0 Å². The number of aromatic nitrogens is 3. The molecule has 5 rings (SSSR count). The summed E-state index contributed by atoms with van der Waals surface area (Å²) in [5.41, 5.74) is 7.49. The first-order valence-corrected chi connectivity index (χ1v) is 12.4. The van der Waals surface area contributed by atoms with E-state index in [1.54, 1.807) is 36.7 Å². The molecule has 1 fully saturated rings. The predicted octanol–water partition coefficient (Wildman–Crippen LogP) is 3.22. The Balaban J connectivity index is 1.47. The van der Waals surface area contributed by atoms with Crippen molar-refractivity contribution in [1.29, 1.82) is 0 Å². The maximum Gasteiger partial charge on any atom is 0.280 e. The minimum Gasteiger partial charge on any atom is -0.365 e. The van der Waals surface area contributed by atoms with Gasteiger partial charge in [-0.1, -0.05) is 41.9 Å². The van der Waals surface area contributed by atoms with Gasteiger partial charge in [-0.25, -0.2) is 9.67 Å². The molecule has 3 aromatic heterocycles. The van der Waals surface area contributed by atoms with Crippen LogP contribution in [0.15, 0.2) is 72.4 Å². The van der Waals surface area contributed by atoms with Crippen molar-refractivity contribution < 1.29 is 19.1 Å². The predicted molar refractivity (Wildman–Crippen MR) is 135 cm³/mol. The molecule has 1 aromatic carbocycles. The zero-order valence-electron chi connectivity index (χ0n) is 19.0. The standard InChI is InChI=1S/C25H22ClN5O4S/c26-18-9-14-36-21(18)19-8-11-31(30-19)22-17(7-4-10-28-22)23(32)29-20(15-16-5-2-1-3-6-16)25(24(27)33)34-12-13-35-25/h1-11,14,20H,12-13,15H2,(H2,27,33)(H,29,32). The van der Waals surface area contributed by atoms with Gasteiger partial charge in [-0.15, -0.1) is 11.3 Å². The smallest absolute Gasteiger partial charge is 0.280 e. The lowest BCUT2D eigenvalue weighted by molar-refractivity contribution is -0.189. The number of benzene rings is 1. The summed E-state index contributed by atoms with van der Waals surface area (Å²) in [6, 6.07) is 15.4. The van der Waals surface area contributed by atoms with Gasteiger partial charge in [0.1, 0.15) is 5.69 Å². The first-order chi connectivity index (χ1) is 17.5. The number of carbonyl (C=O) groups excluding carboxylic acids is 2. The second-order valence-corrected chi connectivity index (χ2v) is 9.39. The van der Waals surface area contributed by atoms with Gasteiger partial charge in [0, 0.05) is 12.4 Å². The van der Waals surface area contributed by atoms with Crippen molar-refractivity contribution in [3.63, 3.8) is 0 Å². The van der Waals surface area contributed by atoms with E-state index in [-0.39, 0.29) is 25.2 Å². The number of nitrogens with two attached hydrogens (primary N) is 1. The zero-order valence-corrected chi connectivity index (χ0v) is 20.5. The fourth-order valence-electron chi connectivity index (χ4n) is 4.11. The van der Waals surface area contributed by atoms with Crippen LogP contribution in [0.2, 0.25) is 5.02 Å². The Kier molecular flexibility index (Phi) is 6.84. The Morgan fingerprint density at radius 1 is 1.14 bits per heavy atom. The summed E-state index contributed by atoms with van der Waals surface area (Å²) in [7, 11) is 0. The molecule has 4 heterocycles. The highest BCUT2D eigenvalue weighted by atomic mass is 35.5. The molecular formula is C25H22ClN5O4S. The van der Waals surface area contributed by atoms with E-state index < -0.39 is 23.6 Å². The highest BCUT2D eigenvalue weighted by Crippen LogP contribution is 2.32. The van der Waals surface area contributed by atoms with Crippen molar-refractivity contribution >= 4 is 34.8 Å². The number of amides is 2. The third kappa shape index (κ3) is 4.63. The van der Waals surface area contributed by atoms with Crippen LogP contribution in [-0.4, -0.2) is 51.6 Å². The zero-order chi connectivity index (χ0) is 25.1. The lowest BCUT2D eigenvalue weighted by Crippen LogP contribution is -2.61. The van der Waals surface area contributed by atoms with Crippen LogP contribution in [0.1, 0.15) is 15.9 Å². The lowest BCUT2D eigenvalue weighted by atomic mass is 9.97. The second-order valence-electron chi connectivity index (χ2n) is 8.06. The van der Waals surface area contributed by atoms with Crippen LogP contribution in [0.3, 0.4) is 0 Å². The van der Waals surface area contributed by atoms with Crippen LogP contribution < -0.4 is 11.1 Å². The van der Waals surface area contributed by atoms with E-state index >= 15 is 0 Å². The highest BCUT2D eigenvalue weighted by molar-refractivity contribution is 7.14. The number of thiophene rings is 1. The van der Waals surface area contributed by atoms with Crippen molar-refractivity contribution in [2.24, 2.45) is 5.73 Å². The average Bonchev–Trinajstić information content (AvgIpc) is 3.65. The van der Waals surface area contributed by atoms with Crippen molar-refractivity contribution in [2.75, 3.05) is 13.2 Å². The first-order valence-electron chi connectivity index (χ1n) is 11.1. The Morgan fingerprint density at radius 2 is 1.92 bits per heavy atom. The third-order valence-corrected chi connectivity index (χ3v) is 7.16. The van der Waals surface area contributed by atoms with Gasteiger partial charge in [0.15, 0.2) is 5.82 Å². The number of ether oxygens (including phenoxy) is 2. The summed E-state index contributed by atoms with van der Waals surface area (Å²) in [6.07, 6.45) is 3.54. The molecular weight excluding hydrogens is 502 g/mol. The topological polar surface area (TPSA) is 121 Å². The summed E-state index contributed by atoms with van der Waals surface area (Å²) in [6.45, 7) is 0.368. The van der Waals surface area contributed by atoms with Crippen LogP contribution in [0.5, 0.6) is 0 Å². The Morgan fingerprint density at radius 3 is 2.61 bits per heavy atom. The SMILES string of the molecule is NC(=O)C1(C(Cc2ccccc2)NC(=O)c2cccnc2-n2ccc(-c3sccc3Cl)n2)OCCO1. The summed E-state index contributed by atoms with van der Waals surface area (Å²) in [5, 5.41) is 9.96. The van der Waals surface area contributed by atoms with E-state index in [0.717, 1.165) is 10.4 Å². The summed E-state index contributed by atoms with van der Waals surface area (Å²) < 4.78 is 12.9. The van der Waals surface area contributed by atoms with E-state index in [2.05, 4.69) is 15.4 Å². The van der Waals surface area contributed by atoms with Gasteiger partial charge < -0.3 is 20.5 Å². The summed E-state index contributed by atoms with van der Waals surface area (Å²) in [5.74, 6) is -2.77. The van der Waals surface area contributed by atoms with Crippen LogP contribution in [0, 0.1) is 0 Å². The summed E-state index contributed by atoms with van der Waals surface area (Å²) in [4.78, 5) is 31.3. The van der Waals surface area contributed by atoms with E-state index in [1.165, 1.54) is 16.0 Å². The van der Waals surface area contributed by atoms with Crippen LogP contribution in [0.25, 0.3) is 16.4 Å². The Bertz CT molecular complexity index is 1380. The lowest BCUT2D eigenvalue weighted by Gasteiger charge is -2.33. The molecule has 0 radical (unpaired) electrons. The number of hydrogen-bond donors (Lipinski definition) is 2. The molecule has 0 bridgehead atoms. The van der Waals surface area contributed by atoms with Crippen molar-refractivity contribution in [1.82, 2.24) is 20.1 Å². The highest BCUT2D eigenvalue weighted by Gasteiger charge is 2.51. The molecule has 4 aromatic rings. The minimum atomic E-state index is -1.79. The van der Waals surface area contributed by atoms with E-state index in [9.17, 15) is 9.59 Å². The number of halogens is 1. The van der Waals surface area contributed by atoms with Crippen LogP contribution >= 0.6 is 22.9 Å². The maximum absolute atomic E-state index is 13.6. The fourth-order valence-corrected chi connectivity index (χ4v) is 5.22. The molecule has 1 saturated heterocycles. The molecule has 36 heavy (non-hydrogen) atoms. The molecule has 184 valence electrons. The molecule has 1 unspecified atom stereocenters. The molecule has 11 heteroatoms. The molecule has 0 saturated carbocycles. The quantitative estimate of drug-likeness (QED) is 0.366. The Hall–Kier alpha value is -3.57. The molecule has 3 N–H and O–H groups in total. The van der Waals surface area contributed by atoms with Crippen LogP contribution in [-0.2, 0) is 20.7 Å². The van der Waals surface area contributed by atoms with Crippen molar-refractivity contribution in [3.05, 3.63) is 88.5 Å². The molecule has 9 nitrogen and oxygen atoms in total. The molecule has 1 aliphatic heterocycles. The van der Waals surface area contributed by atoms with Gasteiger partial charge >= 0.3 is 0 Å². The van der Waals surface area contributed by atoms with Gasteiger partial charge in [-0.05, 0) is 41.6 Å². The molecule has 0 spiro atoms. The normalized spacial score (nSPS) is 15.5. The number of carbonyl (C=O) groups is 2. The molecule has 1 aliphatic rings. The van der Waals surface area contributed by atoms with Gasteiger partial charge in [0.2, 0.25) is 0 Å². The van der Waals surface area contributed by atoms with Crippen molar-refractivity contribution in [3.8, 4) is 16.4 Å². The fraction of sp³-hybridized carbons (Fsp3) is 0.200. The van der Waals surface area contributed by atoms with Gasteiger partial charge in [-0.3, -0.25) is 9.59 Å². The molecule has 1 atom stereocenters. The van der Waals surface area contributed by atoms with E-state index in [1.807, 2.05) is 35.7 Å². The maximum atomic E-state index is 13.6. The number of pyridine rings is 1. The summed E-state index contributed by atoms with van der Waals surface area (Å²) >= 11 is 7.72. The van der Waals surface area contributed by atoms with Crippen molar-refractivity contribution in [2.45, 2.75) is 18.2 Å². The average molecular weight is 524 g/mol. The molecule has 2 amide bonds.